The third-order valence-corrected chi connectivity index (χ3v) is 4.49. The van der Waals surface area contributed by atoms with E-state index in [9.17, 15) is 0 Å². The SMILES string of the molecule is Cc1c2oc3c(c2cc2c1oc1ccccc12)C=CCC3. The Hall–Kier alpha value is -2.48. The normalized spacial score (nSPS) is 14.3. The minimum atomic E-state index is 0.938. The number of rotatable bonds is 0. The van der Waals surface area contributed by atoms with Crippen LogP contribution in [0, 0.1) is 6.92 Å². The van der Waals surface area contributed by atoms with Gasteiger partial charge in [-0.3, -0.25) is 0 Å². The molecular weight excluding hydrogens is 260 g/mol. The lowest BCUT2D eigenvalue weighted by Gasteiger charge is -2.01. The summed E-state index contributed by atoms with van der Waals surface area (Å²) in [6.45, 7) is 2.09. The van der Waals surface area contributed by atoms with Gasteiger partial charge in [0.15, 0.2) is 0 Å². The van der Waals surface area contributed by atoms with E-state index in [0.29, 0.717) is 0 Å². The van der Waals surface area contributed by atoms with Gasteiger partial charge in [-0.15, -0.1) is 0 Å². The van der Waals surface area contributed by atoms with Crippen LogP contribution in [0.1, 0.15) is 23.3 Å². The number of fused-ring (bicyclic) bond motifs is 6. The molecule has 0 saturated heterocycles. The molecule has 2 aromatic heterocycles. The Balaban J connectivity index is 2.03. The Morgan fingerprint density at radius 2 is 1.81 bits per heavy atom. The van der Waals surface area contributed by atoms with Gasteiger partial charge in [-0.25, -0.2) is 0 Å². The smallest absolute Gasteiger partial charge is 0.142 e. The van der Waals surface area contributed by atoms with Crippen LogP contribution in [-0.2, 0) is 6.42 Å². The third-order valence-electron chi connectivity index (χ3n) is 4.49. The monoisotopic (exact) mass is 274 g/mol. The maximum atomic E-state index is 6.11. The topological polar surface area (TPSA) is 26.3 Å². The minimum Gasteiger partial charge on any atom is -0.460 e. The molecule has 5 rings (SSSR count). The Kier molecular flexibility index (Phi) is 2.02. The molecule has 2 nitrogen and oxygen atoms in total. The zero-order chi connectivity index (χ0) is 14.0. The molecule has 0 atom stereocenters. The van der Waals surface area contributed by atoms with Gasteiger partial charge in [0, 0.05) is 33.7 Å². The van der Waals surface area contributed by atoms with E-state index in [4.69, 9.17) is 8.83 Å². The number of para-hydroxylation sites is 1. The number of allylic oxidation sites excluding steroid dienone is 1. The molecule has 0 aliphatic heterocycles. The zero-order valence-corrected chi connectivity index (χ0v) is 11.8. The van der Waals surface area contributed by atoms with Crippen molar-refractivity contribution in [3.05, 3.63) is 53.3 Å². The van der Waals surface area contributed by atoms with Crippen molar-refractivity contribution >= 4 is 39.0 Å². The summed E-state index contributed by atoms with van der Waals surface area (Å²) in [7, 11) is 0. The van der Waals surface area contributed by atoms with Crippen LogP contribution in [0.5, 0.6) is 0 Å². The summed E-state index contributed by atoms with van der Waals surface area (Å²) in [6.07, 6.45) is 6.47. The second kappa shape index (κ2) is 3.79. The van der Waals surface area contributed by atoms with Crippen molar-refractivity contribution in [3.63, 3.8) is 0 Å². The molecule has 0 N–H and O–H groups in total. The first-order valence-electron chi connectivity index (χ1n) is 7.36. The van der Waals surface area contributed by atoms with Crippen LogP contribution in [0.3, 0.4) is 0 Å². The number of furan rings is 2. The summed E-state index contributed by atoms with van der Waals surface area (Å²) in [5.74, 6) is 1.10. The highest BCUT2D eigenvalue weighted by atomic mass is 16.3. The highest BCUT2D eigenvalue weighted by Gasteiger charge is 2.20. The van der Waals surface area contributed by atoms with Crippen molar-refractivity contribution in [2.75, 3.05) is 0 Å². The molecule has 21 heavy (non-hydrogen) atoms. The first kappa shape index (κ1) is 11.2. The van der Waals surface area contributed by atoms with Gasteiger partial charge in [0.2, 0.25) is 0 Å². The van der Waals surface area contributed by atoms with Gasteiger partial charge < -0.3 is 8.83 Å². The van der Waals surface area contributed by atoms with Gasteiger partial charge in [-0.2, -0.15) is 0 Å². The fourth-order valence-corrected chi connectivity index (χ4v) is 3.45. The molecular formula is C19H14O2. The van der Waals surface area contributed by atoms with Crippen LogP contribution in [0.15, 0.2) is 45.2 Å². The van der Waals surface area contributed by atoms with Crippen molar-refractivity contribution in [3.8, 4) is 0 Å². The number of hydrogen-bond acceptors (Lipinski definition) is 2. The summed E-state index contributed by atoms with van der Waals surface area (Å²) in [5, 5.41) is 3.56. The standard InChI is InChI=1S/C19H14O2/c1-11-18-14(12-6-2-4-8-16(12)20-18)10-15-13-7-3-5-9-17(13)21-19(11)15/h2-4,6-8,10H,5,9H2,1H3. The predicted molar refractivity (Wildman–Crippen MR) is 85.6 cm³/mol. The van der Waals surface area contributed by atoms with Gasteiger partial charge >= 0.3 is 0 Å². The second-order valence-electron chi connectivity index (χ2n) is 5.73. The van der Waals surface area contributed by atoms with Gasteiger partial charge in [-0.1, -0.05) is 30.4 Å². The molecule has 0 spiro atoms. The highest BCUT2D eigenvalue weighted by Crippen LogP contribution is 2.39. The first-order valence-corrected chi connectivity index (χ1v) is 7.36. The predicted octanol–water partition coefficient (Wildman–Crippen LogP) is 5.60. The molecule has 0 unspecified atom stereocenters. The van der Waals surface area contributed by atoms with Crippen molar-refractivity contribution < 1.29 is 8.83 Å². The fraction of sp³-hybridized carbons (Fsp3) is 0.158. The van der Waals surface area contributed by atoms with E-state index in [1.807, 2.05) is 12.1 Å². The van der Waals surface area contributed by atoms with Crippen molar-refractivity contribution in [2.24, 2.45) is 0 Å². The summed E-state index contributed by atoms with van der Waals surface area (Å²) in [6, 6.07) is 10.4. The number of hydrogen-bond donors (Lipinski definition) is 0. The van der Waals surface area contributed by atoms with Crippen LogP contribution in [0.25, 0.3) is 39.0 Å². The molecule has 0 fully saturated rings. The average Bonchev–Trinajstić information content (AvgIpc) is 3.07. The fourth-order valence-electron chi connectivity index (χ4n) is 3.45. The molecule has 1 aliphatic carbocycles. The summed E-state index contributed by atoms with van der Waals surface area (Å²) >= 11 is 0. The van der Waals surface area contributed by atoms with E-state index >= 15 is 0 Å². The lowest BCUT2D eigenvalue weighted by molar-refractivity contribution is 0.544. The first-order chi connectivity index (χ1) is 10.3. The molecule has 0 saturated carbocycles. The molecule has 1 aliphatic rings. The molecule has 4 aromatic rings. The summed E-state index contributed by atoms with van der Waals surface area (Å²) in [4.78, 5) is 0. The number of benzene rings is 2. The molecule has 0 amide bonds. The maximum absolute atomic E-state index is 6.11. The van der Waals surface area contributed by atoms with Crippen LogP contribution in [0.2, 0.25) is 0 Å². The minimum absolute atomic E-state index is 0.938. The summed E-state index contributed by atoms with van der Waals surface area (Å²) < 4.78 is 12.2. The van der Waals surface area contributed by atoms with Gasteiger partial charge in [0.25, 0.3) is 0 Å². The van der Waals surface area contributed by atoms with Crippen molar-refractivity contribution in [1.82, 2.24) is 0 Å². The zero-order valence-electron chi connectivity index (χ0n) is 11.8. The molecule has 0 radical (unpaired) electrons. The van der Waals surface area contributed by atoms with Crippen molar-refractivity contribution in [1.29, 1.82) is 0 Å². The quantitative estimate of drug-likeness (QED) is 0.417. The maximum Gasteiger partial charge on any atom is 0.142 e. The Bertz CT molecular complexity index is 1040. The highest BCUT2D eigenvalue weighted by molar-refractivity contribution is 6.12. The van der Waals surface area contributed by atoms with E-state index in [0.717, 1.165) is 40.9 Å². The Morgan fingerprint density at radius 3 is 2.76 bits per heavy atom. The van der Waals surface area contributed by atoms with E-state index in [1.165, 1.54) is 21.7 Å². The van der Waals surface area contributed by atoms with Gasteiger partial charge in [-0.05, 0) is 25.5 Å². The van der Waals surface area contributed by atoms with Gasteiger partial charge in [0.05, 0.1) is 0 Å². The van der Waals surface area contributed by atoms with Gasteiger partial charge in [0.1, 0.15) is 22.5 Å². The Labute approximate surface area is 121 Å². The van der Waals surface area contributed by atoms with Crippen LogP contribution >= 0.6 is 0 Å². The average molecular weight is 274 g/mol. The third kappa shape index (κ3) is 1.37. The molecule has 0 bridgehead atoms. The van der Waals surface area contributed by atoms with Crippen LogP contribution < -0.4 is 0 Å². The lowest BCUT2D eigenvalue weighted by atomic mass is 9.99. The van der Waals surface area contributed by atoms with Crippen LogP contribution in [0.4, 0.5) is 0 Å². The largest absolute Gasteiger partial charge is 0.460 e. The summed E-state index contributed by atoms with van der Waals surface area (Å²) in [5.41, 5.74) is 5.19. The lowest BCUT2D eigenvalue weighted by Crippen LogP contribution is -1.88. The van der Waals surface area contributed by atoms with E-state index in [2.05, 4.69) is 37.3 Å². The van der Waals surface area contributed by atoms with Crippen molar-refractivity contribution in [2.45, 2.75) is 19.8 Å². The molecule has 102 valence electrons. The van der Waals surface area contributed by atoms with Crippen LogP contribution in [-0.4, -0.2) is 0 Å². The second-order valence-corrected chi connectivity index (χ2v) is 5.73. The van der Waals surface area contributed by atoms with E-state index in [1.54, 1.807) is 0 Å². The number of aryl methyl sites for hydroxylation is 2. The molecule has 2 heterocycles. The van der Waals surface area contributed by atoms with E-state index < -0.39 is 0 Å². The van der Waals surface area contributed by atoms with E-state index in [-0.39, 0.29) is 0 Å². The Morgan fingerprint density at radius 1 is 0.952 bits per heavy atom. The molecule has 2 aromatic carbocycles. The molecule has 2 heteroatoms.